The van der Waals surface area contributed by atoms with Crippen molar-refractivity contribution in [1.82, 2.24) is 0 Å². The summed E-state index contributed by atoms with van der Waals surface area (Å²) in [4.78, 5) is 22.4. The van der Waals surface area contributed by atoms with Crippen LogP contribution in [0.3, 0.4) is 0 Å². The standard InChI is InChI=1S/C16H12O2/c17-11-15(13-7-3-1-4-8-13)16(12-18)14-9-5-2-6-10-14/h1-10,15-16H. The molecule has 2 rings (SSSR count). The van der Waals surface area contributed by atoms with E-state index in [-0.39, 0.29) is 0 Å². The van der Waals surface area contributed by atoms with Gasteiger partial charge in [0.1, 0.15) is 0 Å². The summed E-state index contributed by atoms with van der Waals surface area (Å²) < 4.78 is 0. The molecular weight excluding hydrogens is 224 g/mol. The maximum absolute atomic E-state index is 11.2. The highest BCUT2D eigenvalue weighted by Gasteiger charge is 2.25. The molecule has 2 aromatic rings. The van der Waals surface area contributed by atoms with E-state index in [1.807, 2.05) is 73.2 Å². The van der Waals surface area contributed by atoms with Gasteiger partial charge in [0, 0.05) is 0 Å². The minimum absolute atomic E-state index is 0.605. The minimum Gasteiger partial charge on any atom is -0.290 e. The summed E-state index contributed by atoms with van der Waals surface area (Å²) in [6.07, 6.45) is 3.91. The number of benzene rings is 2. The second-order valence-corrected chi connectivity index (χ2v) is 4.01. The molecule has 88 valence electrons. The van der Waals surface area contributed by atoms with Crippen molar-refractivity contribution in [3.63, 3.8) is 0 Å². The molecule has 0 bridgehead atoms. The smallest absolute Gasteiger partial charge is 0.207 e. The molecule has 2 unspecified atom stereocenters. The van der Waals surface area contributed by atoms with Gasteiger partial charge in [-0.25, -0.2) is 0 Å². The van der Waals surface area contributed by atoms with E-state index in [9.17, 15) is 9.59 Å². The fourth-order valence-electron chi connectivity index (χ4n) is 1.98. The number of carbonyl (C=O) groups excluding carboxylic acids is 2. The molecule has 0 aliphatic rings. The Bertz CT molecular complexity index is 456. The fraction of sp³-hybridized carbons (Fsp3) is 0.125. The summed E-state index contributed by atoms with van der Waals surface area (Å²) in [7, 11) is 0. The van der Waals surface area contributed by atoms with E-state index in [1.165, 1.54) is 0 Å². The Kier molecular flexibility index (Phi) is 4.02. The first-order chi connectivity index (χ1) is 8.86. The van der Waals surface area contributed by atoms with Gasteiger partial charge in [0.25, 0.3) is 0 Å². The monoisotopic (exact) mass is 236 g/mol. The number of rotatable bonds is 5. The second-order valence-electron chi connectivity index (χ2n) is 4.01. The molecule has 0 N–H and O–H groups in total. The highest BCUT2D eigenvalue weighted by Crippen LogP contribution is 2.29. The first-order valence-electron chi connectivity index (χ1n) is 5.72. The van der Waals surface area contributed by atoms with Gasteiger partial charge in [0.15, 0.2) is 0 Å². The van der Waals surface area contributed by atoms with Crippen LogP contribution in [0.25, 0.3) is 0 Å². The molecule has 2 aromatic carbocycles. The molecule has 18 heavy (non-hydrogen) atoms. The first-order valence-corrected chi connectivity index (χ1v) is 5.72. The van der Waals surface area contributed by atoms with Gasteiger partial charge >= 0.3 is 0 Å². The van der Waals surface area contributed by atoms with Gasteiger partial charge in [-0.15, -0.1) is 0 Å². The van der Waals surface area contributed by atoms with Gasteiger partial charge in [0.2, 0.25) is 12.6 Å². The molecule has 0 saturated carbocycles. The van der Waals surface area contributed by atoms with Gasteiger partial charge in [-0.2, -0.15) is 0 Å². The van der Waals surface area contributed by atoms with Gasteiger partial charge in [-0.1, -0.05) is 60.7 Å². The zero-order valence-corrected chi connectivity index (χ0v) is 9.74. The molecule has 2 nitrogen and oxygen atoms in total. The lowest BCUT2D eigenvalue weighted by Crippen LogP contribution is -2.14. The molecule has 0 saturated heterocycles. The Morgan fingerprint density at radius 2 is 0.944 bits per heavy atom. The third-order valence-electron chi connectivity index (χ3n) is 2.90. The van der Waals surface area contributed by atoms with E-state index in [0.717, 1.165) is 11.1 Å². The van der Waals surface area contributed by atoms with E-state index in [0.29, 0.717) is 0 Å². The minimum atomic E-state index is -0.605. The molecule has 0 amide bonds. The van der Waals surface area contributed by atoms with Crippen molar-refractivity contribution in [1.29, 1.82) is 0 Å². The molecule has 0 spiro atoms. The van der Waals surface area contributed by atoms with Crippen molar-refractivity contribution in [2.24, 2.45) is 0 Å². The lowest BCUT2D eigenvalue weighted by Gasteiger charge is -2.16. The van der Waals surface area contributed by atoms with Gasteiger partial charge < -0.3 is 0 Å². The second kappa shape index (κ2) is 5.92. The third-order valence-corrected chi connectivity index (χ3v) is 2.90. The zero-order valence-electron chi connectivity index (χ0n) is 9.74. The van der Waals surface area contributed by atoms with E-state index in [4.69, 9.17) is 0 Å². The third kappa shape index (κ3) is 2.54. The van der Waals surface area contributed by atoms with E-state index >= 15 is 0 Å². The molecule has 2 heteroatoms. The summed E-state index contributed by atoms with van der Waals surface area (Å²) in [5.74, 6) is -1.21. The Morgan fingerprint density at radius 1 is 0.611 bits per heavy atom. The molecule has 2 atom stereocenters. The Morgan fingerprint density at radius 3 is 1.22 bits per heavy atom. The Balaban J connectivity index is 2.37. The van der Waals surface area contributed by atoms with Crippen LogP contribution in [-0.4, -0.2) is 12.6 Å². The van der Waals surface area contributed by atoms with Crippen LogP contribution in [0.1, 0.15) is 23.0 Å². The predicted molar refractivity (Wildman–Crippen MR) is 69.8 cm³/mol. The fourth-order valence-corrected chi connectivity index (χ4v) is 1.98. The maximum atomic E-state index is 11.2. The normalized spacial score (nSPS) is 13.6. The lowest BCUT2D eigenvalue weighted by molar-refractivity contribution is 0.518. The van der Waals surface area contributed by atoms with Gasteiger partial charge in [0.05, 0.1) is 11.8 Å². The summed E-state index contributed by atoms with van der Waals surface area (Å²) in [6, 6.07) is 18.4. The van der Waals surface area contributed by atoms with Crippen molar-refractivity contribution in [2.75, 3.05) is 0 Å². The lowest BCUT2D eigenvalue weighted by atomic mass is 9.83. The average molecular weight is 236 g/mol. The predicted octanol–water partition coefficient (Wildman–Crippen LogP) is 2.77. The van der Waals surface area contributed by atoms with E-state index < -0.39 is 11.8 Å². The molecule has 0 aromatic heterocycles. The van der Waals surface area contributed by atoms with Crippen LogP contribution >= 0.6 is 0 Å². The van der Waals surface area contributed by atoms with Crippen molar-refractivity contribution in [2.45, 2.75) is 11.8 Å². The van der Waals surface area contributed by atoms with Crippen LogP contribution in [0.15, 0.2) is 60.7 Å². The van der Waals surface area contributed by atoms with Crippen LogP contribution in [0.5, 0.6) is 0 Å². The largest absolute Gasteiger partial charge is 0.290 e. The molecule has 0 aliphatic heterocycles. The molecule has 2 radical (unpaired) electrons. The molecule has 0 fully saturated rings. The van der Waals surface area contributed by atoms with E-state index in [2.05, 4.69) is 0 Å². The number of hydrogen-bond acceptors (Lipinski definition) is 2. The molecular formula is C16H12O2. The maximum Gasteiger partial charge on any atom is 0.207 e. The van der Waals surface area contributed by atoms with Gasteiger partial charge in [-0.3, -0.25) is 9.59 Å². The summed E-state index contributed by atoms with van der Waals surface area (Å²) in [5.41, 5.74) is 1.56. The topological polar surface area (TPSA) is 34.1 Å². The highest BCUT2D eigenvalue weighted by molar-refractivity contribution is 5.76. The van der Waals surface area contributed by atoms with Crippen LogP contribution in [-0.2, 0) is 9.59 Å². The average Bonchev–Trinajstić information content (AvgIpc) is 2.46. The summed E-state index contributed by atoms with van der Waals surface area (Å²) in [5, 5.41) is 0. The summed E-state index contributed by atoms with van der Waals surface area (Å²) >= 11 is 0. The highest BCUT2D eigenvalue weighted by atomic mass is 16.1. The van der Waals surface area contributed by atoms with Crippen LogP contribution in [0, 0.1) is 0 Å². The van der Waals surface area contributed by atoms with Crippen LogP contribution < -0.4 is 0 Å². The first kappa shape index (κ1) is 12.2. The molecule has 0 heterocycles. The van der Waals surface area contributed by atoms with Crippen molar-refractivity contribution in [3.05, 3.63) is 71.8 Å². The number of hydrogen-bond donors (Lipinski definition) is 0. The van der Waals surface area contributed by atoms with Crippen LogP contribution in [0.2, 0.25) is 0 Å². The zero-order chi connectivity index (χ0) is 12.8. The Labute approximate surface area is 106 Å². The van der Waals surface area contributed by atoms with E-state index in [1.54, 1.807) is 0 Å². The van der Waals surface area contributed by atoms with Crippen molar-refractivity contribution >= 4 is 12.6 Å². The molecule has 0 aliphatic carbocycles. The quantitative estimate of drug-likeness (QED) is 0.800. The van der Waals surface area contributed by atoms with Crippen molar-refractivity contribution in [3.8, 4) is 0 Å². The van der Waals surface area contributed by atoms with Gasteiger partial charge in [-0.05, 0) is 11.1 Å². The summed E-state index contributed by atoms with van der Waals surface area (Å²) in [6.45, 7) is 0. The SMILES string of the molecule is O=[C]C(c1ccccc1)C([C]=O)c1ccccc1. The Hall–Kier alpha value is -2.22. The van der Waals surface area contributed by atoms with Crippen LogP contribution in [0.4, 0.5) is 0 Å². The van der Waals surface area contributed by atoms with Crippen molar-refractivity contribution < 1.29 is 9.59 Å².